The molecule has 4 rings (SSSR count). The van der Waals surface area contributed by atoms with Crippen molar-refractivity contribution in [3.05, 3.63) is 71.2 Å². The van der Waals surface area contributed by atoms with Crippen molar-refractivity contribution in [1.82, 2.24) is 19.7 Å². The molecular weight excluding hydrogens is 358 g/mol. The number of amides is 1. The van der Waals surface area contributed by atoms with Crippen LogP contribution in [0.3, 0.4) is 0 Å². The zero-order valence-electron chi connectivity index (χ0n) is 12.8. The molecule has 2 N–H and O–H groups in total. The van der Waals surface area contributed by atoms with Gasteiger partial charge in [0.2, 0.25) is 0 Å². The Labute approximate surface area is 152 Å². The normalized spacial score (nSPS) is 10.8. The van der Waals surface area contributed by atoms with Gasteiger partial charge in [0.1, 0.15) is 0 Å². The Morgan fingerprint density at radius 1 is 1.28 bits per heavy atom. The molecule has 0 atom stereocenters. The van der Waals surface area contributed by atoms with Gasteiger partial charge < -0.3 is 9.88 Å². The number of aromatic amines is 1. The number of nitrogens with one attached hydrogen (secondary N) is 2. The maximum absolute atomic E-state index is 12.4. The molecule has 124 valence electrons. The highest BCUT2D eigenvalue weighted by molar-refractivity contribution is 7.13. The van der Waals surface area contributed by atoms with Crippen LogP contribution in [-0.2, 0) is 0 Å². The lowest BCUT2D eigenvalue weighted by Crippen LogP contribution is -2.12. The number of aromatic nitrogens is 4. The van der Waals surface area contributed by atoms with E-state index in [1.54, 1.807) is 52.8 Å². The third kappa shape index (κ3) is 3.19. The first-order valence-corrected chi connectivity index (χ1v) is 8.65. The molecule has 0 bridgehead atoms. The molecule has 0 spiro atoms. The summed E-state index contributed by atoms with van der Waals surface area (Å²) in [5.41, 5.74) is 2.52. The van der Waals surface area contributed by atoms with Crippen molar-refractivity contribution < 1.29 is 4.79 Å². The summed E-state index contributed by atoms with van der Waals surface area (Å²) in [6.07, 6.45) is 5.14. The first kappa shape index (κ1) is 15.6. The summed E-state index contributed by atoms with van der Waals surface area (Å²) in [5.74, 6) is -0.300. The molecule has 0 radical (unpaired) electrons. The molecule has 1 amide bonds. The van der Waals surface area contributed by atoms with Crippen LogP contribution >= 0.6 is 22.9 Å². The Balaban J connectivity index is 1.52. The molecule has 3 heterocycles. The highest BCUT2D eigenvalue weighted by atomic mass is 35.5. The van der Waals surface area contributed by atoms with Crippen LogP contribution in [-0.4, -0.2) is 25.7 Å². The van der Waals surface area contributed by atoms with Crippen LogP contribution in [0.2, 0.25) is 5.02 Å². The standard InChI is InChI=1S/C17H12ClN5OS/c18-12-8-11(3-4-15(12)23-6-5-19-10-23)20-17(24)14-9-13(21-22-14)16-2-1-7-25-16/h1-10H,(H,20,24)(H,21,22). The van der Waals surface area contributed by atoms with Crippen molar-refractivity contribution in [3.8, 4) is 16.3 Å². The maximum Gasteiger partial charge on any atom is 0.276 e. The second kappa shape index (κ2) is 6.54. The molecule has 4 aromatic rings. The monoisotopic (exact) mass is 369 g/mol. The van der Waals surface area contributed by atoms with Crippen LogP contribution in [0.4, 0.5) is 5.69 Å². The Bertz CT molecular complexity index is 1010. The quantitative estimate of drug-likeness (QED) is 0.565. The second-order valence-corrected chi connectivity index (χ2v) is 6.59. The van der Waals surface area contributed by atoms with Gasteiger partial charge in [-0.25, -0.2) is 4.98 Å². The summed E-state index contributed by atoms with van der Waals surface area (Å²) in [7, 11) is 0. The van der Waals surface area contributed by atoms with E-state index < -0.39 is 0 Å². The van der Waals surface area contributed by atoms with E-state index in [0.717, 1.165) is 16.3 Å². The number of rotatable bonds is 4. The minimum Gasteiger partial charge on any atom is -0.321 e. The number of hydrogen-bond acceptors (Lipinski definition) is 4. The number of carbonyl (C=O) groups excluding carboxylic acids is 1. The number of nitrogens with zero attached hydrogens (tertiary/aromatic N) is 3. The lowest BCUT2D eigenvalue weighted by molar-refractivity contribution is 0.102. The summed E-state index contributed by atoms with van der Waals surface area (Å²) in [4.78, 5) is 17.4. The number of imidazole rings is 1. The summed E-state index contributed by atoms with van der Waals surface area (Å²) < 4.78 is 1.80. The van der Waals surface area contributed by atoms with Crippen LogP contribution in [0.15, 0.2) is 60.5 Å². The van der Waals surface area contributed by atoms with Crippen molar-refractivity contribution in [2.75, 3.05) is 5.32 Å². The van der Waals surface area contributed by atoms with Crippen molar-refractivity contribution in [2.45, 2.75) is 0 Å². The molecule has 0 aliphatic rings. The highest BCUT2D eigenvalue weighted by Crippen LogP contribution is 2.25. The molecule has 3 aromatic heterocycles. The summed E-state index contributed by atoms with van der Waals surface area (Å²) in [5, 5.41) is 12.2. The topological polar surface area (TPSA) is 75.6 Å². The summed E-state index contributed by atoms with van der Waals surface area (Å²) in [6.45, 7) is 0. The van der Waals surface area contributed by atoms with E-state index in [1.165, 1.54) is 0 Å². The van der Waals surface area contributed by atoms with Crippen LogP contribution in [0.1, 0.15) is 10.5 Å². The number of benzene rings is 1. The number of halogens is 1. The minimum absolute atomic E-state index is 0.300. The van der Waals surface area contributed by atoms with E-state index in [4.69, 9.17) is 11.6 Å². The fraction of sp³-hybridized carbons (Fsp3) is 0. The third-order valence-electron chi connectivity index (χ3n) is 3.59. The van der Waals surface area contributed by atoms with Gasteiger partial charge in [-0.15, -0.1) is 11.3 Å². The van der Waals surface area contributed by atoms with E-state index in [0.29, 0.717) is 16.4 Å². The van der Waals surface area contributed by atoms with E-state index in [-0.39, 0.29) is 5.91 Å². The van der Waals surface area contributed by atoms with Crippen molar-refractivity contribution in [2.24, 2.45) is 0 Å². The predicted octanol–water partition coefficient (Wildman–Crippen LogP) is 4.23. The molecule has 8 heteroatoms. The highest BCUT2D eigenvalue weighted by Gasteiger charge is 2.13. The summed E-state index contributed by atoms with van der Waals surface area (Å²) in [6, 6.07) is 10.9. The molecule has 0 unspecified atom stereocenters. The third-order valence-corrected chi connectivity index (χ3v) is 4.79. The Morgan fingerprint density at radius 2 is 2.20 bits per heavy atom. The lowest BCUT2D eigenvalue weighted by atomic mass is 10.2. The largest absolute Gasteiger partial charge is 0.321 e. The van der Waals surface area contributed by atoms with E-state index in [2.05, 4.69) is 20.5 Å². The molecule has 0 saturated heterocycles. The smallest absolute Gasteiger partial charge is 0.276 e. The van der Waals surface area contributed by atoms with Crippen LogP contribution in [0.25, 0.3) is 16.3 Å². The Kier molecular flexibility index (Phi) is 4.09. The Hall–Kier alpha value is -2.90. The minimum atomic E-state index is -0.300. The number of hydrogen-bond donors (Lipinski definition) is 2. The second-order valence-electron chi connectivity index (χ2n) is 5.23. The van der Waals surface area contributed by atoms with Gasteiger partial charge in [0.15, 0.2) is 5.69 Å². The Morgan fingerprint density at radius 3 is 2.92 bits per heavy atom. The molecule has 6 nitrogen and oxygen atoms in total. The number of thiophene rings is 1. The average Bonchev–Trinajstić information content (AvgIpc) is 3.35. The van der Waals surface area contributed by atoms with Crippen LogP contribution in [0.5, 0.6) is 0 Å². The average molecular weight is 370 g/mol. The van der Waals surface area contributed by atoms with Gasteiger partial charge in [-0.3, -0.25) is 9.89 Å². The number of H-pyrrole nitrogens is 1. The molecule has 0 fully saturated rings. The van der Waals surface area contributed by atoms with Gasteiger partial charge in [-0.05, 0) is 35.7 Å². The van der Waals surface area contributed by atoms with E-state index in [1.807, 2.05) is 23.6 Å². The SMILES string of the molecule is O=C(Nc1ccc(-n2ccnc2)c(Cl)c1)c1cc(-c2cccs2)[nH]n1. The zero-order chi connectivity index (χ0) is 17.2. The first-order chi connectivity index (χ1) is 12.2. The van der Waals surface area contributed by atoms with Gasteiger partial charge in [-0.1, -0.05) is 17.7 Å². The van der Waals surface area contributed by atoms with Gasteiger partial charge >= 0.3 is 0 Å². The van der Waals surface area contributed by atoms with Gasteiger partial charge in [0.05, 0.1) is 27.6 Å². The maximum atomic E-state index is 12.4. The fourth-order valence-electron chi connectivity index (χ4n) is 2.39. The van der Waals surface area contributed by atoms with Crippen LogP contribution in [0, 0.1) is 0 Å². The first-order valence-electron chi connectivity index (χ1n) is 7.39. The molecule has 1 aromatic carbocycles. The van der Waals surface area contributed by atoms with Gasteiger partial charge in [0, 0.05) is 18.1 Å². The van der Waals surface area contributed by atoms with Crippen molar-refractivity contribution in [3.63, 3.8) is 0 Å². The van der Waals surface area contributed by atoms with Gasteiger partial charge in [-0.2, -0.15) is 5.10 Å². The van der Waals surface area contributed by atoms with E-state index >= 15 is 0 Å². The molecule has 0 saturated carbocycles. The molecular formula is C17H12ClN5OS. The number of anilines is 1. The van der Waals surface area contributed by atoms with Gasteiger partial charge in [0.25, 0.3) is 5.91 Å². The van der Waals surface area contributed by atoms with Crippen molar-refractivity contribution in [1.29, 1.82) is 0 Å². The zero-order valence-corrected chi connectivity index (χ0v) is 14.4. The predicted molar refractivity (Wildman–Crippen MR) is 98.4 cm³/mol. The summed E-state index contributed by atoms with van der Waals surface area (Å²) >= 11 is 7.88. The van der Waals surface area contributed by atoms with Crippen LogP contribution < -0.4 is 5.32 Å². The molecule has 0 aliphatic heterocycles. The van der Waals surface area contributed by atoms with Crippen molar-refractivity contribution >= 4 is 34.5 Å². The molecule has 25 heavy (non-hydrogen) atoms. The van der Waals surface area contributed by atoms with E-state index in [9.17, 15) is 4.79 Å². The fourth-order valence-corrected chi connectivity index (χ4v) is 3.36. The number of carbonyl (C=O) groups is 1. The lowest BCUT2D eigenvalue weighted by Gasteiger charge is -2.08. The molecule has 0 aliphatic carbocycles.